The van der Waals surface area contributed by atoms with Crippen LogP contribution in [0.5, 0.6) is 0 Å². The summed E-state index contributed by atoms with van der Waals surface area (Å²) in [6.45, 7) is 6.09. The Morgan fingerprint density at radius 1 is 1.10 bits per heavy atom. The number of aromatic nitrogens is 2. The van der Waals surface area contributed by atoms with Gasteiger partial charge >= 0.3 is 0 Å². The summed E-state index contributed by atoms with van der Waals surface area (Å²) in [5.74, 6) is 0.730. The summed E-state index contributed by atoms with van der Waals surface area (Å²) in [4.78, 5) is 18.5. The first kappa shape index (κ1) is 21.8. The van der Waals surface area contributed by atoms with Gasteiger partial charge in [-0.25, -0.2) is 4.98 Å². The van der Waals surface area contributed by atoms with Gasteiger partial charge in [-0.3, -0.25) is 4.79 Å². The van der Waals surface area contributed by atoms with Crippen molar-refractivity contribution in [3.05, 3.63) is 65.5 Å². The van der Waals surface area contributed by atoms with Crippen LogP contribution in [-0.2, 0) is 18.3 Å². The fourth-order valence-corrected chi connectivity index (χ4v) is 3.67. The molecule has 1 aromatic heterocycles. The maximum atomic E-state index is 11.2. The highest BCUT2D eigenvalue weighted by Crippen LogP contribution is 2.24. The minimum Gasteiger partial charge on any atom is -0.388 e. The fraction of sp³-hybridized carbons (Fsp3) is 0.360. The lowest BCUT2D eigenvalue weighted by Crippen LogP contribution is -2.24. The quantitative estimate of drug-likeness (QED) is 0.509. The van der Waals surface area contributed by atoms with Gasteiger partial charge in [-0.1, -0.05) is 44.2 Å². The SMILES string of the molecule is CCCN(CCC)c1ccc2c(c1)nc(Cc1ccc(/C=C/C(=O)CO)cc1)n2C. The van der Waals surface area contributed by atoms with Gasteiger partial charge < -0.3 is 14.6 Å². The number of aliphatic hydroxyl groups is 1. The van der Waals surface area contributed by atoms with Crippen molar-refractivity contribution >= 4 is 28.6 Å². The van der Waals surface area contributed by atoms with Crippen LogP contribution in [0.3, 0.4) is 0 Å². The highest BCUT2D eigenvalue weighted by Gasteiger charge is 2.11. The molecular formula is C25H31N3O2. The number of carbonyl (C=O) groups excluding carboxylic acids is 1. The van der Waals surface area contributed by atoms with Crippen LogP contribution in [0.15, 0.2) is 48.5 Å². The van der Waals surface area contributed by atoms with Crippen LogP contribution < -0.4 is 4.90 Å². The van der Waals surface area contributed by atoms with Crippen LogP contribution in [-0.4, -0.2) is 40.1 Å². The first-order chi connectivity index (χ1) is 14.5. The maximum absolute atomic E-state index is 11.2. The lowest BCUT2D eigenvalue weighted by molar-refractivity contribution is -0.117. The highest BCUT2D eigenvalue weighted by molar-refractivity contribution is 5.94. The van der Waals surface area contributed by atoms with E-state index in [1.165, 1.54) is 11.8 Å². The van der Waals surface area contributed by atoms with E-state index < -0.39 is 6.61 Å². The molecule has 0 aliphatic carbocycles. The van der Waals surface area contributed by atoms with Gasteiger partial charge in [-0.2, -0.15) is 0 Å². The van der Waals surface area contributed by atoms with E-state index in [1.807, 2.05) is 12.1 Å². The van der Waals surface area contributed by atoms with Gasteiger partial charge in [0.2, 0.25) is 0 Å². The number of hydrogen-bond acceptors (Lipinski definition) is 4. The van der Waals surface area contributed by atoms with Gasteiger partial charge in [0.1, 0.15) is 12.4 Å². The van der Waals surface area contributed by atoms with E-state index in [0.717, 1.165) is 60.3 Å². The van der Waals surface area contributed by atoms with Crippen molar-refractivity contribution in [1.82, 2.24) is 9.55 Å². The van der Waals surface area contributed by atoms with Gasteiger partial charge in [0.05, 0.1) is 11.0 Å². The second-order valence-electron chi connectivity index (χ2n) is 7.62. The van der Waals surface area contributed by atoms with E-state index in [4.69, 9.17) is 10.1 Å². The minimum absolute atomic E-state index is 0.297. The van der Waals surface area contributed by atoms with E-state index in [2.05, 4.69) is 60.7 Å². The van der Waals surface area contributed by atoms with Gasteiger partial charge in [0.25, 0.3) is 0 Å². The highest BCUT2D eigenvalue weighted by atomic mass is 16.3. The Kier molecular flexibility index (Phi) is 7.41. The molecule has 2 aromatic carbocycles. The van der Waals surface area contributed by atoms with Crippen molar-refractivity contribution in [2.45, 2.75) is 33.1 Å². The Morgan fingerprint density at radius 2 is 1.80 bits per heavy atom. The number of imidazole rings is 1. The Hall–Kier alpha value is -2.92. The molecule has 0 aliphatic heterocycles. The summed E-state index contributed by atoms with van der Waals surface area (Å²) in [5.41, 5.74) is 5.51. The smallest absolute Gasteiger partial charge is 0.181 e. The Labute approximate surface area is 178 Å². The zero-order valence-electron chi connectivity index (χ0n) is 18.1. The first-order valence-electron chi connectivity index (χ1n) is 10.7. The third-order valence-electron chi connectivity index (χ3n) is 5.27. The van der Waals surface area contributed by atoms with Gasteiger partial charge in [0, 0.05) is 32.2 Å². The monoisotopic (exact) mass is 405 g/mol. The molecular weight excluding hydrogens is 374 g/mol. The molecule has 5 nitrogen and oxygen atoms in total. The van der Waals surface area contributed by atoms with Crippen LogP contribution >= 0.6 is 0 Å². The topological polar surface area (TPSA) is 58.4 Å². The third kappa shape index (κ3) is 5.16. The number of aliphatic hydroxyl groups excluding tert-OH is 1. The molecule has 0 spiro atoms. The number of nitrogens with zero attached hydrogens (tertiary/aromatic N) is 3. The molecule has 5 heteroatoms. The summed E-state index contributed by atoms with van der Waals surface area (Å²) in [5, 5.41) is 8.80. The molecule has 0 fully saturated rings. The molecule has 0 radical (unpaired) electrons. The molecule has 1 heterocycles. The number of aryl methyl sites for hydroxylation is 1. The van der Waals surface area contributed by atoms with Crippen molar-refractivity contribution in [2.24, 2.45) is 7.05 Å². The van der Waals surface area contributed by atoms with E-state index in [1.54, 1.807) is 6.08 Å². The van der Waals surface area contributed by atoms with Crippen molar-refractivity contribution < 1.29 is 9.90 Å². The molecule has 0 saturated heterocycles. The van der Waals surface area contributed by atoms with Crippen LogP contribution in [0, 0.1) is 0 Å². The standard InChI is InChI=1S/C25H31N3O2/c1-4-14-28(15-5-2)21-11-13-24-23(17-21)26-25(27(24)3)16-20-8-6-19(7-9-20)10-12-22(30)18-29/h6-13,17,29H,4-5,14-16,18H2,1-3H3/b12-10+. The molecule has 3 rings (SSSR count). The van der Waals surface area contributed by atoms with Gasteiger partial charge in [0.15, 0.2) is 5.78 Å². The third-order valence-corrected chi connectivity index (χ3v) is 5.27. The molecule has 0 amide bonds. The Bertz CT molecular complexity index is 1010. The van der Waals surface area contributed by atoms with Crippen molar-refractivity contribution in [3.8, 4) is 0 Å². The number of rotatable bonds is 10. The van der Waals surface area contributed by atoms with Crippen LogP contribution in [0.4, 0.5) is 5.69 Å². The average Bonchev–Trinajstić information content (AvgIpc) is 3.07. The fourth-order valence-electron chi connectivity index (χ4n) is 3.67. The van der Waals surface area contributed by atoms with Crippen LogP contribution in [0.2, 0.25) is 0 Å². The zero-order chi connectivity index (χ0) is 21.5. The number of ketones is 1. The van der Waals surface area contributed by atoms with E-state index in [-0.39, 0.29) is 5.78 Å². The average molecular weight is 406 g/mol. The van der Waals surface area contributed by atoms with E-state index >= 15 is 0 Å². The lowest BCUT2D eigenvalue weighted by atomic mass is 10.1. The van der Waals surface area contributed by atoms with E-state index in [9.17, 15) is 4.79 Å². The van der Waals surface area contributed by atoms with Crippen molar-refractivity contribution in [1.29, 1.82) is 0 Å². The number of hydrogen-bond donors (Lipinski definition) is 1. The molecule has 30 heavy (non-hydrogen) atoms. The second-order valence-corrected chi connectivity index (χ2v) is 7.62. The predicted octanol–water partition coefficient (Wildman–Crippen LogP) is 4.37. The molecule has 3 aromatic rings. The second kappa shape index (κ2) is 10.2. The molecule has 0 bridgehead atoms. The Morgan fingerprint density at radius 3 is 2.43 bits per heavy atom. The van der Waals surface area contributed by atoms with Crippen LogP contribution in [0.1, 0.15) is 43.6 Å². The summed E-state index contributed by atoms with van der Waals surface area (Å²) >= 11 is 0. The number of anilines is 1. The van der Waals surface area contributed by atoms with Gasteiger partial charge in [-0.15, -0.1) is 0 Å². The maximum Gasteiger partial charge on any atom is 0.181 e. The summed E-state index contributed by atoms with van der Waals surface area (Å²) < 4.78 is 2.16. The minimum atomic E-state index is -0.461. The molecule has 1 N–H and O–H groups in total. The Balaban J connectivity index is 1.80. The summed E-state index contributed by atoms with van der Waals surface area (Å²) in [7, 11) is 2.07. The first-order valence-corrected chi connectivity index (χ1v) is 10.7. The van der Waals surface area contributed by atoms with Crippen molar-refractivity contribution in [3.63, 3.8) is 0 Å². The number of carbonyl (C=O) groups is 1. The van der Waals surface area contributed by atoms with E-state index in [0.29, 0.717) is 0 Å². The lowest BCUT2D eigenvalue weighted by Gasteiger charge is -2.23. The molecule has 158 valence electrons. The molecule has 0 aliphatic rings. The number of fused-ring (bicyclic) bond motifs is 1. The zero-order valence-corrected chi connectivity index (χ0v) is 18.1. The molecule has 0 atom stereocenters. The van der Waals surface area contributed by atoms with Crippen LogP contribution in [0.25, 0.3) is 17.1 Å². The summed E-state index contributed by atoms with van der Waals surface area (Å²) in [6.07, 6.45) is 6.12. The van der Waals surface area contributed by atoms with Crippen molar-refractivity contribution in [2.75, 3.05) is 24.6 Å². The van der Waals surface area contributed by atoms with Gasteiger partial charge in [-0.05, 0) is 48.2 Å². The molecule has 0 unspecified atom stereocenters. The predicted molar refractivity (Wildman–Crippen MR) is 124 cm³/mol. The molecule has 0 saturated carbocycles. The summed E-state index contributed by atoms with van der Waals surface area (Å²) in [6, 6.07) is 14.6. The normalized spacial score (nSPS) is 11.5. The number of benzene rings is 2. The largest absolute Gasteiger partial charge is 0.388 e.